The van der Waals surface area contributed by atoms with E-state index < -0.39 is 6.03 Å². The Bertz CT molecular complexity index is 882. The molecule has 1 fully saturated rings. The molecule has 2 amide bonds. The lowest BCUT2D eigenvalue weighted by Crippen LogP contribution is -2.43. The van der Waals surface area contributed by atoms with E-state index in [2.05, 4.69) is 117 Å². The van der Waals surface area contributed by atoms with Crippen molar-refractivity contribution >= 4 is 6.03 Å². The van der Waals surface area contributed by atoms with Crippen molar-refractivity contribution in [3.8, 4) is 0 Å². The smallest absolute Gasteiger partial charge is 0.275 e. The normalized spacial score (nSPS) is 17.9. The van der Waals surface area contributed by atoms with E-state index in [1.807, 2.05) is 0 Å². The van der Waals surface area contributed by atoms with Crippen LogP contribution in [-0.2, 0) is 5.41 Å². The third kappa shape index (κ3) is 5.66. The highest BCUT2D eigenvalue weighted by Crippen LogP contribution is 2.51. The molecule has 1 aliphatic carbocycles. The third-order valence-electron chi connectivity index (χ3n) is 7.28. The Labute approximate surface area is 203 Å². The molecule has 0 atom stereocenters. The topological polar surface area (TPSA) is 93.2 Å². The Morgan fingerprint density at radius 2 is 1.06 bits per heavy atom. The monoisotopic (exact) mass is 458 g/mol. The number of rotatable bonds is 5. The lowest BCUT2D eigenvalue weighted by Gasteiger charge is -2.46. The highest BCUT2D eigenvalue weighted by atomic mass is 16.2. The van der Waals surface area contributed by atoms with Gasteiger partial charge in [-0.1, -0.05) is 105 Å². The lowest BCUT2D eigenvalue weighted by atomic mass is 9.57. The molecule has 180 valence electrons. The van der Waals surface area contributed by atoms with Crippen molar-refractivity contribution in [3.05, 3.63) is 108 Å². The number of amides is 2. The van der Waals surface area contributed by atoms with E-state index in [1.54, 1.807) is 10.9 Å². The van der Waals surface area contributed by atoms with Gasteiger partial charge in [-0.3, -0.25) is 10.9 Å². The first-order chi connectivity index (χ1) is 16.5. The summed E-state index contributed by atoms with van der Waals surface area (Å²) in [5.41, 5.74) is 7.69. The van der Waals surface area contributed by atoms with Crippen LogP contribution in [0, 0.1) is 17.8 Å². The number of hydrogen-bond acceptors (Lipinski definition) is 3. The molecule has 5 nitrogen and oxygen atoms in total. The van der Waals surface area contributed by atoms with Crippen LogP contribution in [0.5, 0.6) is 0 Å². The molecule has 0 aromatic heterocycles. The number of nitrogens with two attached hydrogens (primary N) is 2. The molecule has 0 spiro atoms. The van der Waals surface area contributed by atoms with E-state index in [-0.39, 0.29) is 5.41 Å². The Hall–Kier alpha value is -3.15. The van der Waals surface area contributed by atoms with Gasteiger partial charge in [-0.2, -0.15) is 0 Å². The van der Waals surface area contributed by atoms with Crippen LogP contribution in [0.3, 0.4) is 0 Å². The molecule has 5 heteroatoms. The molecule has 0 radical (unpaired) electrons. The third-order valence-corrected chi connectivity index (χ3v) is 7.28. The van der Waals surface area contributed by atoms with Crippen LogP contribution in [0.1, 0.15) is 56.2 Å². The summed E-state index contributed by atoms with van der Waals surface area (Å²) in [6.07, 6.45) is 5.27. The van der Waals surface area contributed by atoms with Gasteiger partial charge in [-0.15, -0.1) is 0 Å². The van der Waals surface area contributed by atoms with Crippen LogP contribution < -0.4 is 22.5 Å². The summed E-state index contributed by atoms with van der Waals surface area (Å²) in [6, 6.07) is 33.1. The summed E-state index contributed by atoms with van der Waals surface area (Å²) >= 11 is 0. The van der Waals surface area contributed by atoms with Crippen LogP contribution in [0.2, 0.25) is 0 Å². The van der Waals surface area contributed by atoms with Crippen LogP contribution in [0.4, 0.5) is 4.79 Å². The van der Waals surface area contributed by atoms with Crippen molar-refractivity contribution in [3.63, 3.8) is 0 Å². The number of carbonyl (C=O) groups is 1. The van der Waals surface area contributed by atoms with Crippen molar-refractivity contribution in [2.75, 3.05) is 0 Å². The fourth-order valence-corrected chi connectivity index (χ4v) is 5.57. The largest absolute Gasteiger partial charge is 0.343 e. The van der Waals surface area contributed by atoms with Gasteiger partial charge < -0.3 is 0 Å². The Morgan fingerprint density at radius 3 is 1.32 bits per heavy atom. The molecule has 3 aromatic carbocycles. The summed E-state index contributed by atoms with van der Waals surface area (Å²) in [7, 11) is 0. The zero-order valence-corrected chi connectivity index (χ0v) is 20.3. The summed E-state index contributed by atoms with van der Waals surface area (Å²) in [5, 5.41) is 0. The first-order valence-corrected chi connectivity index (χ1v) is 12.2. The lowest BCUT2D eigenvalue weighted by molar-refractivity contribution is 0.186. The van der Waals surface area contributed by atoms with Gasteiger partial charge in [0.05, 0.1) is 0 Å². The highest BCUT2D eigenvalue weighted by molar-refractivity contribution is 5.72. The van der Waals surface area contributed by atoms with Gasteiger partial charge in [0.2, 0.25) is 0 Å². The minimum absolute atomic E-state index is 0.0776. The maximum atomic E-state index is 9.71. The highest BCUT2D eigenvalue weighted by Gasteiger charge is 2.44. The van der Waals surface area contributed by atoms with Gasteiger partial charge in [0.1, 0.15) is 0 Å². The number of carbonyl (C=O) groups excluding carboxylic acids is 1. The predicted octanol–water partition coefficient (Wildman–Crippen LogP) is 5.52. The summed E-state index contributed by atoms with van der Waals surface area (Å²) in [4.78, 5) is 9.71. The SMILES string of the molecule is CC(C)C1CCC(C(c2ccccc2)(c2ccccc2)c2ccccc2)CC1.NNC(=O)NN. The predicted molar refractivity (Wildman–Crippen MR) is 140 cm³/mol. The van der Waals surface area contributed by atoms with Crippen LogP contribution in [0.15, 0.2) is 91.0 Å². The molecule has 0 heterocycles. The quantitative estimate of drug-likeness (QED) is 0.176. The van der Waals surface area contributed by atoms with Crippen molar-refractivity contribution in [1.29, 1.82) is 0 Å². The molecule has 0 bridgehead atoms. The molecule has 4 rings (SSSR count). The molecular weight excluding hydrogens is 420 g/mol. The molecule has 6 N–H and O–H groups in total. The van der Waals surface area contributed by atoms with E-state index >= 15 is 0 Å². The number of hydrogen-bond donors (Lipinski definition) is 4. The Balaban J connectivity index is 0.000000481. The molecule has 34 heavy (non-hydrogen) atoms. The average molecular weight is 459 g/mol. The maximum absolute atomic E-state index is 9.71. The average Bonchev–Trinajstić information content (AvgIpc) is 2.91. The summed E-state index contributed by atoms with van der Waals surface area (Å²) in [6.45, 7) is 4.79. The zero-order valence-electron chi connectivity index (χ0n) is 20.3. The number of urea groups is 1. The Morgan fingerprint density at radius 1 is 0.706 bits per heavy atom. The zero-order chi connectivity index (χ0) is 24.4. The van der Waals surface area contributed by atoms with Crippen LogP contribution >= 0.6 is 0 Å². The minimum Gasteiger partial charge on any atom is -0.275 e. The van der Waals surface area contributed by atoms with Gasteiger partial charge in [-0.25, -0.2) is 16.5 Å². The van der Waals surface area contributed by atoms with E-state index in [0.29, 0.717) is 5.92 Å². The number of hydrazine groups is 2. The summed E-state index contributed by atoms with van der Waals surface area (Å²) in [5.74, 6) is 11.4. The molecule has 0 aliphatic heterocycles. The molecule has 3 aromatic rings. The second-order valence-corrected chi connectivity index (χ2v) is 9.38. The molecule has 1 aliphatic rings. The van der Waals surface area contributed by atoms with Gasteiger partial charge in [0, 0.05) is 5.41 Å². The van der Waals surface area contributed by atoms with Crippen molar-refractivity contribution in [1.82, 2.24) is 10.9 Å². The van der Waals surface area contributed by atoms with Crippen molar-refractivity contribution in [2.45, 2.75) is 44.9 Å². The van der Waals surface area contributed by atoms with E-state index in [4.69, 9.17) is 0 Å². The fourth-order valence-electron chi connectivity index (χ4n) is 5.57. The van der Waals surface area contributed by atoms with Gasteiger partial charge >= 0.3 is 6.03 Å². The van der Waals surface area contributed by atoms with Gasteiger partial charge in [0.15, 0.2) is 0 Å². The molecule has 0 unspecified atom stereocenters. The molecule has 0 saturated heterocycles. The van der Waals surface area contributed by atoms with Crippen molar-refractivity contribution in [2.24, 2.45) is 29.4 Å². The fraction of sp³-hybridized carbons (Fsp3) is 0.345. The first kappa shape index (κ1) is 25.5. The molecule has 1 saturated carbocycles. The van der Waals surface area contributed by atoms with Gasteiger partial charge in [-0.05, 0) is 60.1 Å². The molecular formula is C29H38N4O. The maximum Gasteiger partial charge on any atom is 0.343 e. The standard InChI is InChI=1S/C28H32.CH6N4O/c1-22(2)23-18-20-27(21-19-23)28(24-12-6-3-7-13-24,25-14-8-4-9-15-25)26-16-10-5-11-17-26;2-4-1(6)5-3/h3-17,22-23,27H,18-21H2,1-2H3;2-3H2,(H2,4,5,6). The van der Waals surface area contributed by atoms with E-state index in [1.165, 1.54) is 42.4 Å². The summed E-state index contributed by atoms with van der Waals surface area (Å²) < 4.78 is 0. The van der Waals surface area contributed by atoms with E-state index in [0.717, 1.165) is 11.8 Å². The number of benzene rings is 3. The first-order valence-electron chi connectivity index (χ1n) is 12.2. The van der Waals surface area contributed by atoms with Crippen LogP contribution in [-0.4, -0.2) is 6.03 Å². The van der Waals surface area contributed by atoms with Crippen molar-refractivity contribution < 1.29 is 4.79 Å². The second kappa shape index (κ2) is 12.4. The van der Waals surface area contributed by atoms with Crippen LogP contribution in [0.25, 0.3) is 0 Å². The Kier molecular flexibility index (Phi) is 9.25. The number of nitrogens with one attached hydrogen (secondary N) is 2. The second-order valence-electron chi connectivity index (χ2n) is 9.38. The minimum atomic E-state index is -0.602. The van der Waals surface area contributed by atoms with Gasteiger partial charge in [0.25, 0.3) is 0 Å². The van der Waals surface area contributed by atoms with E-state index in [9.17, 15) is 4.79 Å².